The number of rotatable bonds is 9. The van der Waals surface area contributed by atoms with Crippen molar-refractivity contribution in [3.63, 3.8) is 0 Å². The normalized spacial score (nSPS) is 10.4. The van der Waals surface area contributed by atoms with Crippen molar-refractivity contribution in [2.45, 2.75) is 26.4 Å². The highest BCUT2D eigenvalue weighted by atomic mass is 32.2. The Labute approximate surface area is 114 Å². The van der Waals surface area contributed by atoms with Crippen LogP contribution in [0.5, 0.6) is 5.75 Å². The molecule has 0 fully saturated rings. The molecule has 0 radical (unpaired) electrons. The van der Waals surface area contributed by atoms with Crippen molar-refractivity contribution in [2.75, 3.05) is 30.5 Å². The molecule has 0 bridgehead atoms. The van der Waals surface area contributed by atoms with E-state index in [1.165, 1.54) is 18.6 Å². The van der Waals surface area contributed by atoms with Gasteiger partial charge in [-0.05, 0) is 50.0 Å². The van der Waals surface area contributed by atoms with E-state index in [1.54, 1.807) is 0 Å². The Kier molecular flexibility index (Phi) is 7.69. The Morgan fingerprint density at radius 2 is 2.17 bits per heavy atom. The van der Waals surface area contributed by atoms with Crippen molar-refractivity contribution in [3.05, 3.63) is 23.8 Å². The van der Waals surface area contributed by atoms with E-state index in [0.717, 1.165) is 23.5 Å². The predicted molar refractivity (Wildman–Crippen MR) is 79.6 cm³/mol. The van der Waals surface area contributed by atoms with E-state index < -0.39 is 0 Å². The molecule has 0 heterocycles. The first-order valence-electron chi connectivity index (χ1n) is 6.41. The van der Waals surface area contributed by atoms with Gasteiger partial charge in [0, 0.05) is 17.8 Å². The van der Waals surface area contributed by atoms with Crippen molar-refractivity contribution < 1.29 is 9.84 Å². The summed E-state index contributed by atoms with van der Waals surface area (Å²) in [4.78, 5) is 0. The molecule has 18 heavy (non-hydrogen) atoms. The second-order valence-corrected chi connectivity index (χ2v) is 5.03. The molecule has 0 spiro atoms. The summed E-state index contributed by atoms with van der Waals surface area (Å²) in [6.45, 7) is 3.55. The molecule has 1 rings (SSSR count). The van der Waals surface area contributed by atoms with Crippen LogP contribution in [0, 0.1) is 0 Å². The third kappa shape index (κ3) is 5.19. The molecule has 0 aromatic heterocycles. The zero-order chi connectivity index (χ0) is 13.2. The molecule has 0 aliphatic rings. The first-order valence-corrected chi connectivity index (χ1v) is 7.80. The second-order valence-electron chi connectivity index (χ2n) is 4.04. The number of hydrogen-bond acceptors (Lipinski definition) is 4. The number of unbranched alkanes of at least 4 members (excludes halogenated alkanes) is 1. The highest BCUT2D eigenvalue weighted by Gasteiger charge is 2.03. The summed E-state index contributed by atoms with van der Waals surface area (Å²) < 4.78 is 5.45. The molecule has 0 aliphatic carbocycles. The van der Waals surface area contributed by atoms with E-state index in [0.29, 0.717) is 6.61 Å². The lowest BCUT2D eigenvalue weighted by Crippen LogP contribution is -2.03. The molecule has 2 N–H and O–H groups in total. The van der Waals surface area contributed by atoms with Crippen molar-refractivity contribution in [3.8, 4) is 5.75 Å². The van der Waals surface area contributed by atoms with E-state index in [9.17, 15) is 5.11 Å². The van der Waals surface area contributed by atoms with Gasteiger partial charge >= 0.3 is 0 Å². The Hall–Kier alpha value is -0.870. The largest absolute Gasteiger partial charge is 0.494 e. The second kappa shape index (κ2) is 9.11. The van der Waals surface area contributed by atoms with Gasteiger partial charge in [-0.1, -0.05) is 0 Å². The number of aliphatic hydroxyl groups is 1. The van der Waals surface area contributed by atoms with Crippen LogP contribution < -0.4 is 10.1 Å². The molecule has 1 aromatic carbocycles. The fourth-order valence-corrected chi connectivity index (χ4v) is 2.21. The summed E-state index contributed by atoms with van der Waals surface area (Å²) in [7, 11) is 0. The zero-order valence-electron chi connectivity index (χ0n) is 11.2. The number of nitrogens with one attached hydrogen (secondary N) is 1. The van der Waals surface area contributed by atoms with Crippen molar-refractivity contribution >= 4 is 17.4 Å². The number of ether oxygens (including phenoxy) is 1. The minimum Gasteiger partial charge on any atom is -0.494 e. The first-order chi connectivity index (χ1) is 8.81. The van der Waals surface area contributed by atoms with E-state index in [2.05, 4.69) is 11.6 Å². The monoisotopic (exact) mass is 269 g/mol. The van der Waals surface area contributed by atoms with Gasteiger partial charge in [0.05, 0.1) is 13.2 Å². The van der Waals surface area contributed by atoms with E-state index in [4.69, 9.17) is 4.74 Å². The molecule has 0 saturated heterocycles. The summed E-state index contributed by atoms with van der Waals surface area (Å²) in [5.74, 6) is 1.99. The smallest absolute Gasteiger partial charge is 0.124 e. The van der Waals surface area contributed by atoms with Crippen LogP contribution in [0.25, 0.3) is 0 Å². The first kappa shape index (κ1) is 15.2. The van der Waals surface area contributed by atoms with E-state index in [-0.39, 0.29) is 6.61 Å². The number of thioether (sulfide) groups is 1. The molecule has 0 amide bonds. The third-order valence-electron chi connectivity index (χ3n) is 2.64. The van der Waals surface area contributed by atoms with Gasteiger partial charge in [0.1, 0.15) is 5.75 Å². The average Bonchev–Trinajstić information content (AvgIpc) is 2.40. The maximum absolute atomic E-state index is 9.30. The lowest BCUT2D eigenvalue weighted by atomic mass is 10.2. The van der Waals surface area contributed by atoms with Crippen LogP contribution in [-0.2, 0) is 6.61 Å². The molecule has 0 atom stereocenters. The quantitative estimate of drug-likeness (QED) is 0.676. The Bertz CT molecular complexity index is 345. The van der Waals surface area contributed by atoms with Crippen LogP contribution >= 0.6 is 11.8 Å². The summed E-state index contributed by atoms with van der Waals surface area (Å²) in [6, 6.07) is 5.87. The number of anilines is 1. The fourth-order valence-electron chi connectivity index (χ4n) is 1.71. The lowest BCUT2D eigenvalue weighted by molar-refractivity contribution is 0.267. The van der Waals surface area contributed by atoms with Crippen LogP contribution in [-0.4, -0.2) is 30.3 Å². The molecule has 0 unspecified atom stereocenters. The molecule has 3 nitrogen and oxygen atoms in total. The predicted octanol–water partition coefficient (Wildman–Crippen LogP) is 3.13. The molecule has 0 saturated carbocycles. The minimum atomic E-state index is 0.0112. The number of benzene rings is 1. The van der Waals surface area contributed by atoms with Gasteiger partial charge in [-0.15, -0.1) is 0 Å². The average molecular weight is 269 g/mol. The van der Waals surface area contributed by atoms with Crippen LogP contribution in [0.4, 0.5) is 5.69 Å². The fraction of sp³-hybridized carbons (Fsp3) is 0.571. The number of aliphatic hydroxyl groups excluding tert-OH is 1. The topological polar surface area (TPSA) is 41.5 Å². The summed E-state index contributed by atoms with van der Waals surface area (Å²) >= 11 is 1.88. The van der Waals surface area contributed by atoms with Crippen LogP contribution in [0.15, 0.2) is 18.2 Å². The van der Waals surface area contributed by atoms with Crippen LogP contribution in [0.1, 0.15) is 25.3 Å². The Morgan fingerprint density at radius 1 is 1.33 bits per heavy atom. The molecular weight excluding hydrogens is 246 g/mol. The summed E-state index contributed by atoms with van der Waals surface area (Å²) in [5, 5.41) is 12.7. The van der Waals surface area contributed by atoms with E-state index >= 15 is 0 Å². The number of hydrogen-bond donors (Lipinski definition) is 2. The SMILES string of the molecule is CCOc1ccc(NCCCCSC)cc1CO. The standard InChI is InChI=1S/C14H23NO2S/c1-3-17-14-7-6-13(10-12(14)11-16)15-8-4-5-9-18-2/h6-7,10,15-16H,3-5,8-9,11H2,1-2H3. The highest BCUT2D eigenvalue weighted by molar-refractivity contribution is 7.98. The van der Waals surface area contributed by atoms with Crippen LogP contribution in [0.3, 0.4) is 0 Å². The van der Waals surface area contributed by atoms with Gasteiger partial charge < -0.3 is 15.2 Å². The van der Waals surface area contributed by atoms with Gasteiger partial charge in [0.2, 0.25) is 0 Å². The van der Waals surface area contributed by atoms with Crippen molar-refractivity contribution in [2.24, 2.45) is 0 Å². The molecule has 102 valence electrons. The molecular formula is C14H23NO2S. The van der Waals surface area contributed by atoms with Gasteiger partial charge in [-0.3, -0.25) is 0 Å². The molecule has 1 aromatic rings. The van der Waals surface area contributed by atoms with Gasteiger partial charge in [0.25, 0.3) is 0 Å². The van der Waals surface area contributed by atoms with Crippen molar-refractivity contribution in [1.29, 1.82) is 0 Å². The summed E-state index contributed by atoms with van der Waals surface area (Å²) in [6.07, 6.45) is 4.54. The van der Waals surface area contributed by atoms with Gasteiger partial charge in [0.15, 0.2) is 0 Å². The maximum Gasteiger partial charge on any atom is 0.124 e. The third-order valence-corrected chi connectivity index (χ3v) is 3.33. The maximum atomic E-state index is 9.30. The lowest BCUT2D eigenvalue weighted by Gasteiger charge is -2.12. The van der Waals surface area contributed by atoms with Crippen molar-refractivity contribution in [1.82, 2.24) is 0 Å². The van der Waals surface area contributed by atoms with Gasteiger partial charge in [-0.2, -0.15) is 11.8 Å². The highest BCUT2D eigenvalue weighted by Crippen LogP contribution is 2.23. The zero-order valence-corrected chi connectivity index (χ0v) is 12.1. The molecule has 0 aliphatic heterocycles. The minimum absolute atomic E-state index is 0.0112. The summed E-state index contributed by atoms with van der Waals surface area (Å²) in [5.41, 5.74) is 1.89. The molecule has 4 heteroatoms. The van der Waals surface area contributed by atoms with Gasteiger partial charge in [-0.25, -0.2) is 0 Å². The van der Waals surface area contributed by atoms with E-state index in [1.807, 2.05) is 36.9 Å². The van der Waals surface area contributed by atoms with Crippen LogP contribution in [0.2, 0.25) is 0 Å². The Morgan fingerprint density at radius 3 is 2.83 bits per heavy atom. The Balaban J connectivity index is 2.46.